The minimum absolute atomic E-state index is 0.0467. The lowest BCUT2D eigenvalue weighted by atomic mass is 9.76. The van der Waals surface area contributed by atoms with Crippen molar-refractivity contribution in [2.75, 3.05) is 0 Å². The van der Waals surface area contributed by atoms with E-state index < -0.39 is 0 Å². The van der Waals surface area contributed by atoms with Gasteiger partial charge in [-0.2, -0.15) is 0 Å². The molecule has 1 heterocycles. The number of hydrogen-bond donors (Lipinski definition) is 0. The SMILES string of the molecule is C[C@@H]1CC[C@@H]2C(=O)N(Cc3ccccc3)C(=O)[C@@H]2C1. The molecule has 3 nitrogen and oxygen atoms in total. The average molecular weight is 257 g/mol. The lowest BCUT2D eigenvalue weighted by Crippen LogP contribution is -2.30. The van der Waals surface area contributed by atoms with Crippen LogP contribution in [0.1, 0.15) is 31.7 Å². The van der Waals surface area contributed by atoms with Crippen molar-refractivity contribution in [2.24, 2.45) is 17.8 Å². The zero-order valence-electron chi connectivity index (χ0n) is 11.2. The summed E-state index contributed by atoms with van der Waals surface area (Å²) in [6, 6.07) is 9.75. The summed E-state index contributed by atoms with van der Waals surface area (Å²) in [5.74, 6) is 0.554. The van der Waals surface area contributed by atoms with Gasteiger partial charge in [0.15, 0.2) is 0 Å². The number of likely N-dealkylation sites (tertiary alicyclic amines) is 1. The summed E-state index contributed by atoms with van der Waals surface area (Å²) in [5.41, 5.74) is 1.02. The molecule has 1 aromatic carbocycles. The van der Waals surface area contributed by atoms with Gasteiger partial charge in [0.25, 0.3) is 0 Å². The van der Waals surface area contributed by atoms with Crippen molar-refractivity contribution in [3.63, 3.8) is 0 Å². The molecule has 2 amide bonds. The Labute approximate surface area is 113 Å². The van der Waals surface area contributed by atoms with Crippen LogP contribution in [0, 0.1) is 17.8 Å². The highest BCUT2D eigenvalue weighted by Crippen LogP contribution is 2.40. The molecule has 19 heavy (non-hydrogen) atoms. The van der Waals surface area contributed by atoms with Crippen LogP contribution in [0.3, 0.4) is 0 Å². The van der Waals surface area contributed by atoms with Gasteiger partial charge in [-0.25, -0.2) is 0 Å². The second-order valence-corrected chi connectivity index (χ2v) is 5.88. The maximum absolute atomic E-state index is 12.4. The third-order valence-electron chi connectivity index (χ3n) is 4.46. The minimum Gasteiger partial charge on any atom is -0.278 e. The molecule has 3 heteroatoms. The highest BCUT2D eigenvalue weighted by molar-refractivity contribution is 6.05. The fourth-order valence-electron chi connectivity index (χ4n) is 3.38. The van der Waals surface area contributed by atoms with E-state index in [-0.39, 0.29) is 23.7 Å². The van der Waals surface area contributed by atoms with Crippen molar-refractivity contribution in [1.82, 2.24) is 4.90 Å². The molecule has 3 rings (SSSR count). The summed E-state index contributed by atoms with van der Waals surface area (Å²) in [6.45, 7) is 2.60. The second kappa shape index (κ2) is 4.80. The Morgan fingerprint density at radius 1 is 1.05 bits per heavy atom. The smallest absolute Gasteiger partial charge is 0.233 e. The van der Waals surface area contributed by atoms with Gasteiger partial charge in [-0.3, -0.25) is 14.5 Å². The molecule has 1 aliphatic carbocycles. The highest BCUT2D eigenvalue weighted by atomic mass is 16.2. The summed E-state index contributed by atoms with van der Waals surface area (Å²) in [7, 11) is 0. The Balaban J connectivity index is 1.80. The van der Waals surface area contributed by atoms with E-state index in [9.17, 15) is 9.59 Å². The van der Waals surface area contributed by atoms with Crippen molar-refractivity contribution in [3.05, 3.63) is 35.9 Å². The number of fused-ring (bicyclic) bond motifs is 1. The molecule has 0 unspecified atom stereocenters. The van der Waals surface area contributed by atoms with Crippen LogP contribution in [0.5, 0.6) is 0 Å². The van der Waals surface area contributed by atoms with Gasteiger partial charge in [0.2, 0.25) is 11.8 Å². The van der Waals surface area contributed by atoms with Crippen LogP contribution < -0.4 is 0 Å². The molecule has 1 aromatic rings. The first-order valence-corrected chi connectivity index (χ1v) is 7.06. The molecular formula is C16H19NO2. The standard InChI is InChI=1S/C16H19NO2/c1-11-7-8-13-14(9-11)16(19)17(15(13)18)10-12-5-3-2-4-6-12/h2-6,11,13-14H,7-10H2,1H3/t11-,13+,14-/m1/s1. The van der Waals surface area contributed by atoms with Crippen molar-refractivity contribution >= 4 is 11.8 Å². The van der Waals surface area contributed by atoms with Crippen molar-refractivity contribution < 1.29 is 9.59 Å². The maximum Gasteiger partial charge on any atom is 0.233 e. The fourth-order valence-corrected chi connectivity index (χ4v) is 3.38. The number of nitrogens with zero attached hydrogens (tertiary/aromatic N) is 1. The Kier molecular flexibility index (Phi) is 3.13. The van der Waals surface area contributed by atoms with Crippen molar-refractivity contribution in [2.45, 2.75) is 32.7 Å². The van der Waals surface area contributed by atoms with E-state index in [1.165, 1.54) is 4.90 Å². The van der Waals surface area contributed by atoms with Gasteiger partial charge in [-0.05, 0) is 30.7 Å². The number of hydrogen-bond acceptors (Lipinski definition) is 2. The molecule has 1 saturated carbocycles. The first-order chi connectivity index (χ1) is 9.16. The quantitative estimate of drug-likeness (QED) is 0.764. The van der Waals surface area contributed by atoms with E-state index in [2.05, 4.69) is 6.92 Å². The Morgan fingerprint density at radius 2 is 1.74 bits per heavy atom. The van der Waals surface area contributed by atoms with E-state index in [1.54, 1.807) is 0 Å². The Morgan fingerprint density at radius 3 is 2.47 bits per heavy atom. The number of benzene rings is 1. The van der Waals surface area contributed by atoms with Gasteiger partial charge >= 0.3 is 0 Å². The Bertz CT molecular complexity index is 497. The molecule has 0 N–H and O–H groups in total. The number of rotatable bonds is 2. The van der Waals surface area contributed by atoms with E-state index in [0.29, 0.717) is 12.5 Å². The van der Waals surface area contributed by atoms with Crippen LogP contribution in [-0.2, 0) is 16.1 Å². The number of imide groups is 1. The zero-order chi connectivity index (χ0) is 13.4. The summed E-state index contributed by atoms with van der Waals surface area (Å²) in [4.78, 5) is 26.2. The molecule has 1 aliphatic heterocycles. The number of carbonyl (C=O) groups excluding carboxylic acids is 2. The molecule has 0 bridgehead atoms. The lowest BCUT2D eigenvalue weighted by Gasteiger charge is -2.25. The lowest BCUT2D eigenvalue weighted by molar-refractivity contribution is -0.140. The summed E-state index contributed by atoms with van der Waals surface area (Å²) >= 11 is 0. The molecule has 0 radical (unpaired) electrons. The Hall–Kier alpha value is -1.64. The fraction of sp³-hybridized carbons (Fsp3) is 0.500. The first-order valence-electron chi connectivity index (χ1n) is 7.06. The predicted molar refractivity (Wildman–Crippen MR) is 72.0 cm³/mol. The summed E-state index contributed by atoms with van der Waals surface area (Å²) in [6.07, 6.45) is 2.82. The van der Waals surface area contributed by atoms with Crippen LogP contribution >= 0.6 is 0 Å². The van der Waals surface area contributed by atoms with Gasteiger partial charge in [-0.1, -0.05) is 37.3 Å². The average Bonchev–Trinajstić information content (AvgIpc) is 2.65. The van der Waals surface area contributed by atoms with Crippen LogP contribution in [0.2, 0.25) is 0 Å². The zero-order valence-corrected chi connectivity index (χ0v) is 11.2. The maximum atomic E-state index is 12.4. The summed E-state index contributed by atoms with van der Waals surface area (Å²) in [5, 5.41) is 0. The minimum atomic E-state index is -0.0556. The molecule has 3 atom stereocenters. The molecule has 100 valence electrons. The third kappa shape index (κ3) is 2.18. The van der Waals surface area contributed by atoms with Gasteiger partial charge in [0.05, 0.1) is 18.4 Å². The predicted octanol–water partition coefficient (Wildman–Crippen LogP) is 2.61. The summed E-state index contributed by atoms with van der Waals surface area (Å²) < 4.78 is 0. The second-order valence-electron chi connectivity index (χ2n) is 5.88. The highest BCUT2D eigenvalue weighted by Gasteiger charge is 2.49. The van der Waals surface area contributed by atoms with Crippen LogP contribution in [0.15, 0.2) is 30.3 Å². The monoisotopic (exact) mass is 257 g/mol. The molecule has 0 aromatic heterocycles. The van der Waals surface area contributed by atoms with E-state index in [4.69, 9.17) is 0 Å². The van der Waals surface area contributed by atoms with Gasteiger partial charge < -0.3 is 0 Å². The first kappa shape index (κ1) is 12.4. The van der Waals surface area contributed by atoms with Gasteiger partial charge in [-0.15, -0.1) is 0 Å². The van der Waals surface area contributed by atoms with Crippen LogP contribution in [-0.4, -0.2) is 16.7 Å². The van der Waals surface area contributed by atoms with Crippen LogP contribution in [0.25, 0.3) is 0 Å². The van der Waals surface area contributed by atoms with Crippen LogP contribution in [0.4, 0.5) is 0 Å². The normalized spacial score (nSPS) is 30.6. The van der Waals surface area contributed by atoms with Crippen molar-refractivity contribution in [3.8, 4) is 0 Å². The molecule has 0 spiro atoms. The number of carbonyl (C=O) groups is 2. The molecular weight excluding hydrogens is 238 g/mol. The third-order valence-corrected chi connectivity index (χ3v) is 4.46. The van der Waals surface area contributed by atoms with Gasteiger partial charge in [0, 0.05) is 0 Å². The largest absolute Gasteiger partial charge is 0.278 e. The topological polar surface area (TPSA) is 37.4 Å². The van der Waals surface area contributed by atoms with E-state index in [0.717, 1.165) is 24.8 Å². The number of amides is 2. The van der Waals surface area contributed by atoms with Gasteiger partial charge in [0.1, 0.15) is 0 Å². The van der Waals surface area contributed by atoms with Crippen molar-refractivity contribution in [1.29, 1.82) is 0 Å². The van der Waals surface area contributed by atoms with E-state index in [1.807, 2.05) is 30.3 Å². The molecule has 2 fully saturated rings. The molecule has 1 saturated heterocycles. The van der Waals surface area contributed by atoms with E-state index >= 15 is 0 Å². The molecule has 2 aliphatic rings.